The van der Waals surface area contributed by atoms with Crippen LogP contribution >= 0.6 is 0 Å². The zero-order valence-corrected chi connectivity index (χ0v) is 15.1. The highest BCUT2D eigenvalue weighted by atomic mass is 16.2. The summed E-state index contributed by atoms with van der Waals surface area (Å²) < 4.78 is 0. The van der Waals surface area contributed by atoms with Gasteiger partial charge in [0.05, 0.1) is 5.69 Å². The third-order valence-electron chi connectivity index (χ3n) is 4.54. The Bertz CT molecular complexity index is 877. The van der Waals surface area contributed by atoms with Crippen molar-refractivity contribution in [3.05, 3.63) is 59.7 Å². The maximum Gasteiger partial charge on any atom is 0.274 e. The van der Waals surface area contributed by atoms with Gasteiger partial charge in [-0.3, -0.25) is 14.6 Å². The quantitative estimate of drug-likeness (QED) is 0.919. The minimum atomic E-state index is -0.664. The smallest absolute Gasteiger partial charge is 0.274 e. The molecule has 1 heterocycles. The molecular formula is C20H22N4O2. The highest BCUT2D eigenvalue weighted by Gasteiger charge is 2.36. The number of para-hydroxylation sites is 1. The minimum Gasteiger partial charge on any atom is -0.368 e. The number of rotatable bonds is 4. The summed E-state index contributed by atoms with van der Waals surface area (Å²) in [5.74, 6) is -0.738. The molecule has 0 fully saturated rings. The fourth-order valence-corrected chi connectivity index (χ4v) is 3.06. The lowest BCUT2D eigenvalue weighted by Crippen LogP contribution is -2.40. The molecule has 0 saturated heterocycles. The number of nitrogens with zero attached hydrogens (tertiary/aromatic N) is 3. The van der Waals surface area contributed by atoms with E-state index in [4.69, 9.17) is 5.73 Å². The molecule has 2 aromatic carbocycles. The SMILES string of the molecule is Cc1ccc(C)c(N(C)C(=O)C2=NN(c3ccccc3)C(C(N)=O)C2)c1. The zero-order chi connectivity index (χ0) is 18.8. The number of carbonyl (C=O) groups is 2. The molecule has 0 bridgehead atoms. The first kappa shape index (κ1) is 17.7. The van der Waals surface area contributed by atoms with E-state index in [1.54, 1.807) is 11.9 Å². The summed E-state index contributed by atoms with van der Waals surface area (Å²) in [4.78, 5) is 26.4. The van der Waals surface area contributed by atoms with Gasteiger partial charge in [0.15, 0.2) is 0 Å². The molecule has 2 aromatic rings. The van der Waals surface area contributed by atoms with Crippen molar-refractivity contribution in [1.82, 2.24) is 0 Å². The predicted octanol–water partition coefficient (Wildman–Crippen LogP) is 2.39. The number of benzene rings is 2. The number of nitrogens with two attached hydrogens (primary N) is 1. The molecule has 0 aliphatic carbocycles. The van der Waals surface area contributed by atoms with E-state index in [9.17, 15) is 9.59 Å². The monoisotopic (exact) mass is 350 g/mol. The number of carbonyl (C=O) groups excluding carboxylic acids is 2. The second-order valence-electron chi connectivity index (χ2n) is 6.50. The summed E-state index contributed by atoms with van der Waals surface area (Å²) in [6.45, 7) is 3.94. The maximum atomic E-state index is 13.0. The lowest BCUT2D eigenvalue weighted by atomic mass is 10.1. The Morgan fingerprint density at radius 3 is 2.50 bits per heavy atom. The van der Waals surface area contributed by atoms with Crippen molar-refractivity contribution >= 4 is 28.9 Å². The Labute approximate surface area is 152 Å². The molecule has 2 N–H and O–H groups in total. The number of anilines is 2. The van der Waals surface area contributed by atoms with E-state index in [0.717, 1.165) is 22.5 Å². The molecule has 0 saturated carbocycles. The van der Waals surface area contributed by atoms with Crippen LogP contribution < -0.4 is 15.6 Å². The van der Waals surface area contributed by atoms with Gasteiger partial charge in [0, 0.05) is 19.2 Å². The van der Waals surface area contributed by atoms with Crippen molar-refractivity contribution in [2.24, 2.45) is 10.8 Å². The average Bonchev–Trinajstić information content (AvgIpc) is 3.09. The third-order valence-corrected chi connectivity index (χ3v) is 4.54. The van der Waals surface area contributed by atoms with Crippen molar-refractivity contribution in [2.45, 2.75) is 26.3 Å². The number of amides is 2. The van der Waals surface area contributed by atoms with Gasteiger partial charge in [-0.05, 0) is 43.2 Å². The van der Waals surface area contributed by atoms with Crippen molar-refractivity contribution in [2.75, 3.05) is 17.0 Å². The molecule has 1 aliphatic rings. The molecular weight excluding hydrogens is 328 g/mol. The van der Waals surface area contributed by atoms with Crippen molar-refractivity contribution in [1.29, 1.82) is 0 Å². The normalized spacial score (nSPS) is 16.3. The summed E-state index contributed by atoms with van der Waals surface area (Å²) >= 11 is 0. The molecule has 3 rings (SSSR count). The van der Waals surface area contributed by atoms with E-state index in [1.807, 2.05) is 62.4 Å². The van der Waals surface area contributed by atoms with Gasteiger partial charge in [0.25, 0.3) is 5.91 Å². The molecule has 0 aromatic heterocycles. The van der Waals surface area contributed by atoms with Crippen LogP contribution in [0.3, 0.4) is 0 Å². The standard InChI is InChI=1S/C20H22N4O2/c1-13-9-10-14(2)17(11-13)23(3)20(26)16-12-18(19(21)25)24(22-16)15-7-5-4-6-8-15/h4-11,18H,12H2,1-3H3,(H2,21,25). The Hall–Kier alpha value is -3.15. The number of primary amides is 1. The van der Waals surface area contributed by atoms with Gasteiger partial charge in [-0.25, -0.2) is 0 Å². The molecule has 1 aliphatic heterocycles. The van der Waals surface area contributed by atoms with Gasteiger partial charge in [-0.2, -0.15) is 5.10 Å². The van der Waals surface area contributed by atoms with E-state index < -0.39 is 11.9 Å². The Balaban J connectivity index is 1.91. The van der Waals surface area contributed by atoms with Crippen LogP contribution in [0.15, 0.2) is 53.6 Å². The molecule has 2 amide bonds. The van der Waals surface area contributed by atoms with Crippen LogP contribution in [0.4, 0.5) is 11.4 Å². The highest BCUT2D eigenvalue weighted by Crippen LogP contribution is 2.26. The third kappa shape index (κ3) is 3.31. The van der Waals surface area contributed by atoms with E-state index in [2.05, 4.69) is 5.10 Å². The van der Waals surface area contributed by atoms with Crippen LogP contribution in [0.25, 0.3) is 0 Å². The molecule has 0 spiro atoms. The Kier molecular flexibility index (Phi) is 4.75. The van der Waals surface area contributed by atoms with Crippen molar-refractivity contribution in [3.8, 4) is 0 Å². The first-order chi connectivity index (χ1) is 12.4. The highest BCUT2D eigenvalue weighted by molar-refractivity contribution is 6.44. The summed E-state index contributed by atoms with van der Waals surface area (Å²) in [6, 6.07) is 14.5. The first-order valence-electron chi connectivity index (χ1n) is 8.45. The zero-order valence-electron chi connectivity index (χ0n) is 15.1. The fraction of sp³-hybridized carbons (Fsp3) is 0.250. The van der Waals surface area contributed by atoms with Crippen LogP contribution in [0.2, 0.25) is 0 Å². The molecule has 1 atom stereocenters. The number of hydrogen-bond donors (Lipinski definition) is 1. The summed E-state index contributed by atoms with van der Waals surface area (Å²) in [6.07, 6.45) is 0.193. The fourth-order valence-electron chi connectivity index (χ4n) is 3.06. The summed E-state index contributed by atoms with van der Waals surface area (Å²) in [5.41, 5.74) is 9.48. The molecule has 6 heteroatoms. The van der Waals surface area contributed by atoms with E-state index in [-0.39, 0.29) is 12.3 Å². The average molecular weight is 350 g/mol. The minimum absolute atomic E-state index is 0.193. The number of aryl methyl sites for hydroxylation is 2. The second-order valence-corrected chi connectivity index (χ2v) is 6.50. The van der Waals surface area contributed by atoms with Gasteiger partial charge in [-0.15, -0.1) is 0 Å². The summed E-state index contributed by atoms with van der Waals surface area (Å²) in [7, 11) is 1.72. The van der Waals surface area contributed by atoms with Crippen LogP contribution in [-0.2, 0) is 9.59 Å². The van der Waals surface area contributed by atoms with Crippen LogP contribution in [-0.4, -0.2) is 30.6 Å². The van der Waals surface area contributed by atoms with Crippen molar-refractivity contribution < 1.29 is 9.59 Å². The second kappa shape index (κ2) is 7.00. The Morgan fingerprint density at radius 2 is 1.85 bits per heavy atom. The van der Waals surface area contributed by atoms with E-state index in [0.29, 0.717) is 5.71 Å². The van der Waals surface area contributed by atoms with Crippen molar-refractivity contribution in [3.63, 3.8) is 0 Å². The Morgan fingerprint density at radius 1 is 1.15 bits per heavy atom. The van der Waals surface area contributed by atoms with Gasteiger partial charge < -0.3 is 10.6 Å². The van der Waals surface area contributed by atoms with E-state index >= 15 is 0 Å². The van der Waals surface area contributed by atoms with E-state index in [1.165, 1.54) is 5.01 Å². The number of hydrazone groups is 1. The molecule has 0 radical (unpaired) electrons. The maximum absolute atomic E-state index is 13.0. The molecule has 6 nitrogen and oxygen atoms in total. The first-order valence-corrected chi connectivity index (χ1v) is 8.45. The van der Waals surface area contributed by atoms with Crippen LogP contribution in [0.5, 0.6) is 0 Å². The van der Waals surface area contributed by atoms with Gasteiger partial charge >= 0.3 is 0 Å². The largest absolute Gasteiger partial charge is 0.368 e. The molecule has 134 valence electrons. The molecule has 1 unspecified atom stereocenters. The van der Waals surface area contributed by atoms with Crippen LogP contribution in [0, 0.1) is 13.8 Å². The summed E-state index contributed by atoms with van der Waals surface area (Å²) in [5, 5.41) is 5.95. The topological polar surface area (TPSA) is 79.0 Å². The van der Waals surface area contributed by atoms with Gasteiger partial charge in [0.1, 0.15) is 11.8 Å². The lowest BCUT2D eigenvalue weighted by molar-refractivity contribution is -0.119. The van der Waals surface area contributed by atoms with Crippen LogP contribution in [0.1, 0.15) is 17.5 Å². The lowest BCUT2D eigenvalue weighted by Gasteiger charge is -2.20. The van der Waals surface area contributed by atoms with Gasteiger partial charge in [-0.1, -0.05) is 30.3 Å². The molecule has 26 heavy (non-hydrogen) atoms. The number of hydrogen-bond acceptors (Lipinski definition) is 4. The predicted molar refractivity (Wildman–Crippen MR) is 103 cm³/mol. The van der Waals surface area contributed by atoms with Gasteiger partial charge in [0.2, 0.25) is 5.91 Å².